The molecule has 7 heteroatoms. The van der Waals surface area contributed by atoms with Gasteiger partial charge >= 0.3 is 6.18 Å². The summed E-state index contributed by atoms with van der Waals surface area (Å²) in [5.41, 5.74) is 1.91. The maximum atomic E-state index is 13.3. The van der Waals surface area contributed by atoms with E-state index in [1.54, 1.807) is 6.07 Å². The number of alkyl halides is 3. The number of carbonyl (C=O) groups excluding carboxylic acids is 1. The van der Waals surface area contributed by atoms with Crippen LogP contribution in [0.4, 0.5) is 24.5 Å². The number of halogens is 3. The van der Waals surface area contributed by atoms with E-state index < -0.39 is 11.7 Å². The zero-order chi connectivity index (χ0) is 21.6. The van der Waals surface area contributed by atoms with E-state index in [9.17, 15) is 18.0 Å². The number of amides is 1. The molecule has 4 nitrogen and oxygen atoms in total. The van der Waals surface area contributed by atoms with Crippen LogP contribution in [-0.2, 0) is 17.4 Å². The monoisotopic (exact) mass is 429 g/mol. The Morgan fingerprint density at radius 2 is 1.84 bits per heavy atom. The molecule has 1 saturated carbocycles. The van der Waals surface area contributed by atoms with Crippen LogP contribution < -0.4 is 15.1 Å². The van der Waals surface area contributed by atoms with Crippen LogP contribution in [-0.4, -0.2) is 38.1 Å². The van der Waals surface area contributed by atoms with E-state index in [-0.39, 0.29) is 17.9 Å². The highest BCUT2D eigenvalue weighted by Gasteiger charge is 2.43. The molecule has 2 aromatic carbocycles. The number of piperazine rings is 1. The Balaban J connectivity index is 1.45. The van der Waals surface area contributed by atoms with E-state index in [4.69, 9.17) is 0 Å². The predicted molar refractivity (Wildman–Crippen MR) is 114 cm³/mol. The lowest BCUT2D eigenvalue weighted by Crippen LogP contribution is -2.61. The number of para-hydroxylation sites is 1. The molecule has 1 aliphatic carbocycles. The van der Waals surface area contributed by atoms with E-state index in [1.807, 2.05) is 18.2 Å². The summed E-state index contributed by atoms with van der Waals surface area (Å²) in [5.74, 6) is 0.140. The molecule has 2 aliphatic heterocycles. The molecule has 3 aliphatic rings. The second-order valence-corrected chi connectivity index (χ2v) is 8.88. The fourth-order valence-corrected chi connectivity index (χ4v) is 4.87. The van der Waals surface area contributed by atoms with Crippen LogP contribution in [0, 0.1) is 11.8 Å². The number of fused-ring (bicyclic) bond motifs is 3. The highest BCUT2D eigenvalue weighted by Crippen LogP contribution is 2.40. The smallest absolute Gasteiger partial charge is 0.368 e. The maximum Gasteiger partial charge on any atom is 0.416 e. The summed E-state index contributed by atoms with van der Waals surface area (Å²) in [7, 11) is 0. The molecular formula is C24H26F3N3O. The van der Waals surface area contributed by atoms with Crippen molar-refractivity contribution >= 4 is 17.3 Å². The van der Waals surface area contributed by atoms with Crippen molar-refractivity contribution in [2.75, 3.05) is 36.0 Å². The summed E-state index contributed by atoms with van der Waals surface area (Å²) in [5, 5.41) is 3.07. The van der Waals surface area contributed by atoms with Gasteiger partial charge in [-0.15, -0.1) is 0 Å². The Hall–Kier alpha value is -2.70. The molecule has 5 rings (SSSR count). The van der Waals surface area contributed by atoms with Crippen molar-refractivity contribution in [3.05, 3.63) is 59.7 Å². The Morgan fingerprint density at radius 3 is 2.55 bits per heavy atom. The number of hydrogen-bond acceptors (Lipinski definition) is 3. The first-order chi connectivity index (χ1) is 14.9. The molecule has 0 spiro atoms. The van der Waals surface area contributed by atoms with Gasteiger partial charge in [-0.2, -0.15) is 13.2 Å². The summed E-state index contributed by atoms with van der Waals surface area (Å²) in [6.45, 7) is 2.77. The van der Waals surface area contributed by atoms with Gasteiger partial charge in [-0.25, -0.2) is 0 Å². The van der Waals surface area contributed by atoms with Crippen molar-refractivity contribution in [1.29, 1.82) is 0 Å². The summed E-state index contributed by atoms with van der Waals surface area (Å²) in [4.78, 5) is 17.6. The minimum absolute atomic E-state index is 0.0418. The topological polar surface area (TPSA) is 35.6 Å². The minimum atomic E-state index is -4.39. The molecule has 2 heterocycles. The molecule has 0 unspecified atom stereocenters. The summed E-state index contributed by atoms with van der Waals surface area (Å²) in [6.07, 6.45) is -1.78. The Bertz CT molecular complexity index is 958. The van der Waals surface area contributed by atoms with Gasteiger partial charge in [0.2, 0.25) is 5.91 Å². The molecule has 0 aromatic heterocycles. The van der Waals surface area contributed by atoms with Crippen molar-refractivity contribution in [2.45, 2.75) is 31.5 Å². The zero-order valence-electron chi connectivity index (χ0n) is 17.2. The lowest BCUT2D eigenvalue weighted by atomic mass is 9.82. The van der Waals surface area contributed by atoms with Crippen molar-refractivity contribution in [3.8, 4) is 0 Å². The number of hydrogen-bond donors (Lipinski definition) is 1. The molecule has 31 heavy (non-hydrogen) atoms. The molecule has 1 N–H and O–H groups in total. The lowest BCUT2D eigenvalue weighted by Gasteiger charge is -2.49. The molecule has 164 valence electrons. The second kappa shape index (κ2) is 7.77. The van der Waals surface area contributed by atoms with Crippen LogP contribution in [0.15, 0.2) is 48.5 Å². The molecule has 0 bridgehead atoms. The number of benzene rings is 2. The molecular weight excluding hydrogens is 403 g/mol. The molecule has 1 saturated heterocycles. The van der Waals surface area contributed by atoms with Crippen LogP contribution in [0.5, 0.6) is 0 Å². The molecule has 2 fully saturated rings. The van der Waals surface area contributed by atoms with E-state index in [1.165, 1.54) is 6.07 Å². The fourth-order valence-electron chi connectivity index (χ4n) is 4.87. The molecule has 0 radical (unpaired) electrons. The number of anilines is 2. The van der Waals surface area contributed by atoms with Crippen molar-refractivity contribution in [3.63, 3.8) is 0 Å². The Morgan fingerprint density at radius 1 is 1.06 bits per heavy atom. The van der Waals surface area contributed by atoms with Gasteiger partial charge < -0.3 is 15.1 Å². The predicted octanol–water partition coefficient (Wildman–Crippen LogP) is 4.10. The molecule has 1 amide bonds. The van der Waals surface area contributed by atoms with E-state index >= 15 is 0 Å². The van der Waals surface area contributed by atoms with Crippen molar-refractivity contribution < 1.29 is 18.0 Å². The summed E-state index contributed by atoms with van der Waals surface area (Å²) < 4.78 is 39.9. The fraction of sp³-hybridized carbons (Fsp3) is 0.458. The van der Waals surface area contributed by atoms with E-state index in [0.29, 0.717) is 37.5 Å². The van der Waals surface area contributed by atoms with Gasteiger partial charge in [0.1, 0.15) is 0 Å². The number of rotatable bonds is 4. The first kappa shape index (κ1) is 20.2. The van der Waals surface area contributed by atoms with E-state index in [0.717, 1.165) is 36.8 Å². The summed E-state index contributed by atoms with van der Waals surface area (Å²) >= 11 is 0. The SMILES string of the molecule is O=C(NCC1CC1)[C@H]1Cc2cc(C(F)(F)F)ccc2N2CCN(c3ccccc3)C[C@H]12. The van der Waals surface area contributed by atoms with Crippen LogP contribution in [0.25, 0.3) is 0 Å². The normalized spacial score (nSPS) is 23.2. The minimum Gasteiger partial charge on any atom is -0.368 e. The van der Waals surface area contributed by atoms with Gasteiger partial charge in [0.15, 0.2) is 0 Å². The van der Waals surface area contributed by atoms with Gasteiger partial charge in [-0.05, 0) is 61.1 Å². The quantitative estimate of drug-likeness (QED) is 0.795. The van der Waals surface area contributed by atoms with E-state index in [2.05, 4.69) is 27.2 Å². The zero-order valence-corrected chi connectivity index (χ0v) is 17.2. The van der Waals surface area contributed by atoms with Crippen LogP contribution >= 0.6 is 0 Å². The van der Waals surface area contributed by atoms with Crippen molar-refractivity contribution in [2.24, 2.45) is 11.8 Å². The highest BCUT2D eigenvalue weighted by molar-refractivity contribution is 5.82. The van der Waals surface area contributed by atoms with Crippen molar-refractivity contribution in [1.82, 2.24) is 5.32 Å². The standard InChI is InChI=1S/C24H26F3N3O/c25-24(26,27)18-8-9-21-17(12-18)13-20(23(31)28-14-16-6-7-16)22-15-29(10-11-30(21)22)19-4-2-1-3-5-19/h1-5,8-9,12,16,20,22H,6-7,10-11,13-15H2,(H,28,31)/t20-,22+/m0/s1. The van der Waals surface area contributed by atoms with Gasteiger partial charge in [0.05, 0.1) is 17.5 Å². The number of nitrogens with one attached hydrogen (secondary N) is 1. The van der Waals surface area contributed by atoms with Gasteiger partial charge in [-0.1, -0.05) is 18.2 Å². The third-order valence-electron chi connectivity index (χ3n) is 6.76. The Labute approximate surface area is 180 Å². The van der Waals surface area contributed by atoms with Gasteiger partial charge in [0.25, 0.3) is 0 Å². The Kier molecular flexibility index (Phi) is 5.07. The average molecular weight is 429 g/mol. The molecule has 2 atom stereocenters. The maximum absolute atomic E-state index is 13.3. The number of nitrogens with zero attached hydrogens (tertiary/aromatic N) is 2. The average Bonchev–Trinajstić information content (AvgIpc) is 3.60. The van der Waals surface area contributed by atoms with Crippen LogP contribution in [0.2, 0.25) is 0 Å². The third-order valence-corrected chi connectivity index (χ3v) is 6.76. The van der Waals surface area contributed by atoms with Gasteiger partial charge in [-0.3, -0.25) is 4.79 Å². The highest BCUT2D eigenvalue weighted by atomic mass is 19.4. The number of carbonyl (C=O) groups is 1. The largest absolute Gasteiger partial charge is 0.416 e. The van der Waals surface area contributed by atoms with Crippen LogP contribution in [0.3, 0.4) is 0 Å². The lowest BCUT2D eigenvalue weighted by molar-refractivity contribution is -0.137. The first-order valence-electron chi connectivity index (χ1n) is 10.9. The summed E-state index contributed by atoms with van der Waals surface area (Å²) in [6, 6.07) is 14.0. The van der Waals surface area contributed by atoms with Gasteiger partial charge in [0, 0.05) is 37.6 Å². The third kappa shape index (κ3) is 4.10. The molecule has 2 aromatic rings. The van der Waals surface area contributed by atoms with Crippen LogP contribution in [0.1, 0.15) is 24.0 Å². The second-order valence-electron chi connectivity index (χ2n) is 8.88. The first-order valence-corrected chi connectivity index (χ1v) is 10.9.